The van der Waals surface area contributed by atoms with Crippen LogP contribution in [0.5, 0.6) is 0 Å². The predicted octanol–water partition coefficient (Wildman–Crippen LogP) is 3.48. The van der Waals surface area contributed by atoms with Crippen molar-refractivity contribution in [1.82, 2.24) is 9.47 Å². The highest BCUT2D eigenvalue weighted by Crippen LogP contribution is 2.33. The third kappa shape index (κ3) is 3.91. The van der Waals surface area contributed by atoms with Gasteiger partial charge in [-0.2, -0.15) is 5.26 Å². The number of primary amides is 1. The molecule has 1 aliphatic heterocycles. The molecular formula is C22H28N4O. The fourth-order valence-electron chi connectivity index (χ4n) is 4.22. The van der Waals surface area contributed by atoms with Gasteiger partial charge >= 0.3 is 0 Å². The van der Waals surface area contributed by atoms with E-state index in [1.807, 2.05) is 19.1 Å². The lowest BCUT2D eigenvalue weighted by molar-refractivity contribution is 0.1000. The number of carbonyl (C=O) groups is 1. The summed E-state index contributed by atoms with van der Waals surface area (Å²) in [6.45, 7) is 8.28. The highest BCUT2D eigenvalue weighted by molar-refractivity contribution is 6.02. The number of carbonyl (C=O) groups excluding carboxylic acids is 1. The van der Waals surface area contributed by atoms with E-state index in [0.717, 1.165) is 55.1 Å². The van der Waals surface area contributed by atoms with Crippen LogP contribution in [0.3, 0.4) is 0 Å². The van der Waals surface area contributed by atoms with Gasteiger partial charge in [0.15, 0.2) is 0 Å². The maximum atomic E-state index is 12.3. The second kappa shape index (κ2) is 8.41. The Morgan fingerprint density at radius 3 is 2.37 bits per heavy atom. The number of piperidine rings is 1. The third-order valence-electron chi connectivity index (χ3n) is 5.60. The number of aromatic nitrogens is 1. The average molecular weight is 364 g/mol. The number of amides is 1. The summed E-state index contributed by atoms with van der Waals surface area (Å²) < 4.78 is 2.27. The molecule has 142 valence electrons. The normalized spacial score (nSPS) is 14.9. The molecule has 1 aliphatic rings. The van der Waals surface area contributed by atoms with Crippen molar-refractivity contribution in [2.24, 2.45) is 5.73 Å². The maximum absolute atomic E-state index is 12.3. The Kier molecular flexibility index (Phi) is 5.98. The van der Waals surface area contributed by atoms with Gasteiger partial charge in [0.2, 0.25) is 0 Å². The first-order valence-electron chi connectivity index (χ1n) is 9.81. The molecule has 5 nitrogen and oxygen atoms in total. The van der Waals surface area contributed by atoms with E-state index in [9.17, 15) is 4.79 Å². The summed E-state index contributed by atoms with van der Waals surface area (Å²) in [5, 5.41) is 9.05. The smallest absolute Gasteiger partial charge is 0.251 e. The molecule has 0 saturated carbocycles. The van der Waals surface area contributed by atoms with Gasteiger partial charge in [-0.15, -0.1) is 0 Å². The Morgan fingerprint density at radius 1 is 1.15 bits per heavy atom. The van der Waals surface area contributed by atoms with Gasteiger partial charge in [0.1, 0.15) is 0 Å². The van der Waals surface area contributed by atoms with Crippen LogP contribution in [0, 0.1) is 18.3 Å². The zero-order chi connectivity index (χ0) is 19.4. The lowest BCUT2D eigenvalue weighted by atomic mass is 9.98. The molecule has 1 fully saturated rings. The van der Waals surface area contributed by atoms with E-state index >= 15 is 0 Å². The molecule has 0 bridgehead atoms. The molecular weight excluding hydrogens is 336 g/mol. The Hall–Kier alpha value is -2.58. The van der Waals surface area contributed by atoms with Gasteiger partial charge < -0.3 is 15.2 Å². The van der Waals surface area contributed by atoms with Gasteiger partial charge in [-0.25, -0.2) is 0 Å². The van der Waals surface area contributed by atoms with Crippen molar-refractivity contribution in [3.8, 4) is 17.2 Å². The quantitative estimate of drug-likeness (QED) is 0.852. The van der Waals surface area contributed by atoms with Crippen LogP contribution in [0.15, 0.2) is 24.3 Å². The van der Waals surface area contributed by atoms with Gasteiger partial charge in [-0.1, -0.05) is 25.5 Å². The summed E-state index contributed by atoms with van der Waals surface area (Å²) in [6, 6.07) is 9.55. The van der Waals surface area contributed by atoms with Crippen LogP contribution >= 0.6 is 0 Å². The number of likely N-dealkylation sites (tertiary alicyclic amines) is 1. The average Bonchev–Trinajstić information content (AvgIpc) is 2.98. The number of nitrogens with zero attached hydrogens (tertiary/aromatic N) is 3. The zero-order valence-corrected chi connectivity index (χ0v) is 16.3. The number of nitriles is 1. The van der Waals surface area contributed by atoms with Crippen molar-refractivity contribution in [3.63, 3.8) is 0 Å². The van der Waals surface area contributed by atoms with E-state index in [1.54, 1.807) is 12.1 Å². The Labute approximate surface area is 161 Å². The molecule has 1 aromatic heterocycles. The molecule has 0 spiro atoms. The Balaban J connectivity index is 2.00. The molecule has 1 saturated heterocycles. The van der Waals surface area contributed by atoms with Gasteiger partial charge in [0.05, 0.1) is 17.2 Å². The lowest BCUT2D eigenvalue weighted by Gasteiger charge is -2.27. The number of hydrogen-bond acceptors (Lipinski definition) is 3. The van der Waals surface area contributed by atoms with Crippen molar-refractivity contribution in [1.29, 1.82) is 5.26 Å². The third-order valence-corrected chi connectivity index (χ3v) is 5.60. The number of nitrogens with two attached hydrogens (primary N) is 1. The van der Waals surface area contributed by atoms with Crippen molar-refractivity contribution < 1.29 is 4.79 Å². The molecule has 2 heterocycles. The van der Waals surface area contributed by atoms with E-state index in [4.69, 9.17) is 11.0 Å². The van der Waals surface area contributed by atoms with Gasteiger partial charge in [-0.05, 0) is 57.0 Å². The predicted molar refractivity (Wildman–Crippen MR) is 108 cm³/mol. The van der Waals surface area contributed by atoms with Crippen molar-refractivity contribution in [2.75, 3.05) is 19.6 Å². The van der Waals surface area contributed by atoms with Crippen LogP contribution in [0.4, 0.5) is 0 Å². The minimum Gasteiger partial charge on any atom is -0.366 e. The summed E-state index contributed by atoms with van der Waals surface area (Å²) in [4.78, 5) is 14.8. The Bertz CT molecular complexity index is 852. The van der Waals surface area contributed by atoms with E-state index in [2.05, 4.69) is 22.5 Å². The number of benzene rings is 1. The van der Waals surface area contributed by atoms with E-state index in [1.165, 1.54) is 19.3 Å². The largest absolute Gasteiger partial charge is 0.366 e. The molecule has 2 N–H and O–H groups in total. The van der Waals surface area contributed by atoms with E-state index < -0.39 is 5.91 Å². The molecule has 0 radical (unpaired) electrons. The number of rotatable bonds is 6. The van der Waals surface area contributed by atoms with Gasteiger partial charge in [0, 0.05) is 30.0 Å². The number of hydrogen-bond donors (Lipinski definition) is 1. The zero-order valence-electron chi connectivity index (χ0n) is 16.3. The molecule has 27 heavy (non-hydrogen) atoms. The second-order valence-electron chi connectivity index (χ2n) is 7.24. The minimum absolute atomic E-state index is 0.390. The molecule has 0 atom stereocenters. The maximum Gasteiger partial charge on any atom is 0.251 e. The van der Waals surface area contributed by atoms with E-state index in [-0.39, 0.29) is 0 Å². The van der Waals surface area contributed by atoms with Crippen LogP contribution < -0.4 is 5.73 Å². The highest BCUT2D eigenvalue weighted by Gasteiger charge is 2.24. The van der Waals surface area contributed by atoms with Crippen molar-refractivity contribution in [2.45, 2.75) is 46.1 Å². The van der Waals surface area contributed by atoms with Gasteiger partial charge in [-0.3, -0.25) is 4.79 Å². The molecule has 3 rings (SSSR count). The summed E-state index contributed by atoms with van der Waals surface area (Å²) in [5.74, 6) is -0.390. The molecule has 1 amide bonds. The molecule has 5 heteroatoms. The molecule has 0 aliphatic carbocycles. The summed E-state index contributed by atoms with van der Waals surface area (Å²) >= 11 is 0. The second-order valence-corrected chi connectivity index (χ2v) is 7.24. The van der Waals surface area contributed by atoms with Gasteiger partial charge in [0.25, 0.3) is 5.91 Å². The van der Waals surface area contributed by atoms with Crippen LogP contribution in [0.2, 0.25) is 0 Å². The summed E-state index contributed by atoms with van der Waals surface area (Å²) in [5.41, 5.74) is 10.9. The molecule has 2 aromatic rings. The van der Waals surface area contributed by atoms with Crippen molar-refractivity contribution >= 4 is 5.91 Å². The fourth-order valence-corrected chi connectivity index (χ4v) is 4.22. The summed E-state index contributed by atoms with van der Waals surface area (Å²) in [7, 11) is 0. The van der Waals surface area contributed by atoms with E-state index in [0.29, 0.717) is 11.1 Å². The SMILES string of the molecule is CCc1c(-c2ccc(C#N)cc2)c(C(N)=O)c(C)n1CCN1CCCCC1. The van der Waals surface area contributed by atoms with Crippen molar-refractivity contribution in [3.05, 3.63) is 46.8 Å². The first kappa shape index (κ1) is 19.2. The topological polar surface area (TPSA) is 75.0 Å². The van der Waals surface area contributed by atoms with Crippen LogP contribution in [-0.2, 0) is 13.0 Å². The Morgan fingerprint density at radius 2 is 1.81 bits per heavy atom. The molecule has 0 unspecified atom stereocenters. The fraction of sp³-hybridized carbons (Fsp3) is 0.455. The molecule has 1 aromatic carbocycles. The van der Waals surface area contributed by atoms with Crippen LogP contribution in [-0.4, -0.2) is 35.0 Å². The highest BCUT2D eigenvalue weighted by atomic mass is 16.1. The monoisotopic (exact) mass is 364 g/mol. The minimum atomic E-state index is -0.390. The standard InChI is InChI=1S/C22H28N4O/c1-3-19-21(18-9-7-17(15-23)8-10-18)20(22(24)27)16(2)26(19)14-13-25-11-5-4-6-12-25/h7-10H,3-6,11-14H2,1-2H3,(H2,24,27). The first-order valence-corrected chi connectivity index (χ1v) is 9.81. The first-order chi connectivity index (χ1) is 13.1. The summed E-state index contributed by atoms with van der Waals surface area (Å²) in [6.07, 6.45) is 4.69. The van der Waals surface area contributed by atoms with Crippen LogP contribution in [0.1, 0.15) is 53.5 Å². The van der Waals surface area contributed by atoms with Crippen LogP contribution in [0.25, 0.3) is 11.1 Å². The lowest BCUT2D eigenvalue weighted by Crippen LogP contribution is -2.33.